The third-order valence-electron chi connectivity index (χ3n) is 2.81. The Labute approximate surface area is 90.6 Å². The van der Waals surface area contributed by atoms with Gasteiger partial charge in [-0.15, -0.1) is 0 Å². The maximum Gasteiger partial charge on any atom is 0.311 e. The third kappa shape index (κ3) is 3.90. The highest BCUT2D eigenvalue weighted by Crippen LogP contribution is 2.30. The molecule has 15 heavy (non-hydrogen) atoms. The zero-order valence-electron chi connectivity index (χ0n) is 10.0. The summed E-state index contributed by atoms with van der Waals surface area (Å²) >= 11 is 0. The molecule has 0 heterocycles. The van der Waals surface area contributed by atoms with Crippen molar-refractivity contribution in [3.63, 3.8) is 0 Å². The second-order valence-electron chi connectivity index (χ2n) is 4.68. The van der Waals surface area contributed by atoms with Gasteiger partial charge in [0.1, 0.15) is 0 Å². The quantitative estimate of drug-likeness (QED) is 0.713. The Balaban J connectivity index is 4.46. The van der Waals surface area contributed by atoms with Crippen molar-refractivity contribution in [1.29, 1.82) is 0 Å². The van der Waals surface area contributed by atoms with Crippen molar-refractivity contribution in [1.82, 2.24) is 0 Å². The van der Waals surface area contributed by atoms with Crippen LogP contribution in [0.15, 0.2) is 0 Å². The lowest BCUT2D eigenvalue weighted by molar-refractivity contribution is -0.153. The van der Waals surface area contributed by atoms with Gasteiger partial charge in [-0.25, -0.2) is 0 Å². The summed E-state index contributed by atoms with van der Waals surface area (Å²) < 4.78 is 4.67. The average molecular weight is 216 g/mol. The number of methoxy groups -OCH3 is 1. The third-order valence-corrected chi connectivity index (χ3v) is 2.81. The molecule has 0 radical (unpaired) electrons. The average Bonchev–Trinajstić information content (AvgIpc) is 2.14. The van der Waals surface area contributed by atoms with E-state index in [4.69, 9.17) is 5.11 Å². The molecule has 0 amide bonds. The Kier molecular flexibility index (Phi) is 4.78. The van der Waals surface area contributed by atoms with E-state index in [9.17, 15) is 9.59 Å². The van der Waals surface area contributed by atoms with Gasteiger partial charge < -0.3 is 9.84 Å². The Bertz CT molecular complexity index is 245. The number of hydrogen-bond donors (Lipinski definition) is 1. The van der Waals surface area contributed by atoms with E-state index in [1.165, 1.54) is 7.11 Å². The molecule has 0 fully saturated rings. The summed E-state index contributed by atoms with van der Waals surface area (Å²) in [4.78, 5) is 22.1. The van der Waals surface area contributed by atoms with Crippen molar-refractivity contribution in [3.05, 3.63) is 0 Å². The van der Waals surface area contributed by atoms with Crippen molar-refractivity contribution in [2.24, 2.45) is 17.3 Å². The molecular weight excluding hydrogens is 196 g/mol. The summed E-state index contributed by atoms with van der Waals surface area (Å²) in [5, 5.41) is 8.83. The van der Waals surface area contributed by atoms with E-state index in [-0.39, 0.29) is 11.9 Å². The molecule has 0 aromatic carbocycles. The van der Waals surface area contributed by atoms with Gasteiger partial charge in [0.15, 0.2) is 0 Å². The van der Waals surface area contributed by atoms with Gasteiger partial charge in [-0.2, -0.15) is 0 Å². The SMILES string of the molecule is COC(=O)C(C)(C)CC(C)C(C)C(=O)O. The summed E-state index contributed by atoms with van der Waals surface area (Å²) in [7, 11) is 1.34. The summed E-state index contributed by atoms with van der Waals surface area (Å²) in [6, 6.07) is 0. The van der Waals surface area contributed by atoms with Crippen LogP contribution in [0.25, 0.3) is 0 Å². The standard InChI is InChI=1S/C11H20O4/c1-7(8(2)9(12)13)6-11(3,4)10(14)15-5/h7-8H,6H2,1-5H3,(H,12,13). The van der Waals surface area contributed by atoms with Gasteiger partial charge in [0.2, 0.25) is 0 Å². The molecule has 1 N–H and O–H groups in total. The van der Waals surface area contributed by atoms with Gasteiger partial charge in [0.05, 0.1) is 18.4 Å². The largest absolute Gasteiger partial charge is 0.481 e. The smallest absolute Gasteiger partial charge is 0.311 e. The topological polar surface area (TPSA) is 63.6 Å². The van der Waals surface area contributed by atoms with Crippen LogP contribution in [0.2, 0.25) is 0 Å². The maximum atomic E-state index is 11.4. The number of rotatable bonds is 5. The molecule has 0 aromatic rings. The highest BCUT2D eigenvalue weighted by atomic mass is 16.5. The van der Waals surface area contributed by atoms with Gasteiger partial charge in [-0.1, -0.05) is 13.8 Å². The highest BCUT2D eigenvalue weighted by Gasteiger charge is 2.33. The van der Waals surface area contributed by atoms with Crippen molar-refractivity contribution >= 4 is 11.9 Å². The number of esters is 1. The number of carboxylic acid groups (broad SMARTS) is 1. The predicted molar refractivity (Wildman–Crippen MR) is 56.4 cm³/mol. The molecule has 0 aromatic heterocycles. The fourth-order valence-electron chi connectivity index (χ4n) is 1.58. The fraction of sp³-hybridized carbons (Fsp3) is 0.818. The molecule has 0 rings (SSSR count). The summed E-state index contributed by atoms with van der Waals surface area (Å²) in [5.41, 5.74) is -0.627. The van der Waals surface area contributed by atoms with Crippen LogP contribution in [-0.4, -0.2) is 24.2 Å². The maximum absolute atomic E-state index is 11.4. The molecule has 0 aliphatic heterocycles. The first-order valence-corrected chi connectivity index (χ1v) is 5.03. The van der Waals surface area contributed by atoms with Crippen LogP contribution in [0.5, 0.6) is 0 Å². The summed E-state index contributed by atoms with van der Waals surface area (Å²) in [5.74, 6) is -1.64. The minimum atomic E-state index is -0.830. The van der Waals surface area contributed by atoms with Crippen LogP contribution in [0.3, 0.4) is 0 Å². The monoisotopic (exact) mass is 216 g/mol. The molecular formula is C11H20O4. The lowest BCUT2D eigenvalue weighted by atomic mass is 9.79. The van der Waals surface area contributed by atoms with E-state index in [1.807, 2.05) is 6.92 Å². The fourth-order valence-corrected chi connectivity index (χ4v) is 1.58. The van der Waals surface area contributed by atoms with Crippen LogP contribution in [0.4, 0.5) is 0 Å². The lowest BCUT2D eigenvalue weighted by Crippen LogP contribution is -2.31. The van der Waals surface area contributed by atoms with E-state index in [2.05, 4.69) is 4.74 Å². The lowest BCUT2D eigenvalue weighted by Gasteiger charge is -2.26. The molecule has 2 atom stereocenters. The molecule has 0 spiro atoms. The van der Waals surface area contributed by atoms with Crippen LogP contribution >= 0.6 is 0 Å². The van der Waals surface area contributed by atoms with E-state index in [1.54, 1.807) is 20.8 Å². The van der Waals surface area contributed by atoms with Crippen molar-refractivity contribution in [2.75, 3.05) is 7.11 Å². The minimum absolute atomic E-state index is 0.0587. The number of carbonyl (C=O) groups is 2. The van der Waals surface area contributed by atoms with Crippen LogP contribution < -0.4 is 0 Å². The minimum Gasteiger partial charge on any atom is -0.481 e. The van der Waals surface area contributed by atoms with E-state index in [0.29, 0.717) is 6.42 Å². The number of hydrogen-bond acceptors (Lipinski definition) is 3. The first-order chi connectivity index (χ1) is 6.72. The van der Waals surface area contributed by atoms with Gasteiger partial charge in [0.25, 0.3) is 0 Å². The number of carboxylic acids is 1. The Hall–Kier alpha value is -1.06. The second kappa shape index (κ2) is 5.14. The van der Waals surface area contributed by atoms with Gasteiger partial charge >= 0.3 is 11.9 Å². The van der Waals surface area contributed by atoms with Crippen LogP contribution in [0.1, 0.15) is 34.1 Å². The first-order valence-electron chi connectivity index (χ1n) is 5.03. The van der Waals surface area contributed by atoms with Crippen molar-refractivity contribution < 1.29 is 19.4 Å². The number of ether oxygens (including phenoxy) is 1. The Morgan fingerprint density at radius 1 is 1.33 bits per heavy atom. The zero-order chi connectivity index (χ0) is 12.2. The molecule has 0 saturated heterocycles. The van der Waals surface area contributed by atoms with Crippen LogP contribution in [0, 0.1) is 17.3 Å². The van der Waals surface area contributed by atoms with Gasteiger partial charge in [0, 0.05) is 0 Å². The Morgan fingerprint density at radius 3 is 2.13 bits per heavy atom. The van der Waals surface area contributed by atoms with Gasteiger partial charge in [-0.05, 0) is 26.2 Å². The molecule has 0 saturated carbocycles. The molecule has 4 nitrogen and oxygen atoms in total. The van der Waals surface area contributed by atoms with E-state index < -0.39 is 17.3 Å². The molecule has 0 bridgehead atoms. The number of aliphatic carboxylic acids is 1. The molecule has 88 valence electrons. The van der Waals surface area contributed by atoms with E-state index >= 15 is 0 Å². The summed E-state index contributed by atoms with van der Waals surface area (Å²) in [6.07, 6.45) is 0.507. The molecule has 0 aliphatic rings. The van der Waals surface area contributed by atoms with Crippen LogP contribution in [-0.2, 0) is 14.3 Å². The Morgan fingerprint density at radius 2 is 1.80 bits per heavy atom. The number of carbonyl (C=O) groups excluding carboxylic acids is 1. The molecule has 2 unspecified atom stereocenters. The molecule has 4 heteroatoms. The normalized spacial score (nSPS) is 15.5. The van der Waals surface area contributed by atoms with Crippen molar-refractivity contribution in [2.45, 2.75) is 34.1 Å². The zero-order valence-corrected chi connectivity index (χ0v) is 10.0. The second-order valence-corrected chi connectivity index (χ2v) is 4.68. The van der Waals surface area contributed by atoms with Crippen molar-refractivity contribution in [3.8, 4) is 0 Å². The predicted octanol–water partition coefficient (Wildman–Crippen LogP) is 1.93. The molecule has 0 aliphatic carbocycles. The highest BCUT2D eigenvalue weighted by molar-refractivity contribution is 5.76. The van der Waals surface area contributed by atoms with E-state index in [0.717, 1.165) is 0 Å². The summed E-state index contributed by atoms with van der Waals surface area (Å²) in [6.45, 7) is 7.03. The van der Waals surface area contributed by atoms with Gasteiger partial charge in [-0.3, -0.25) is 9.59 Å². The first kappa shape index (κ1) is 13.9.